The molecular weight excluding hydrogens is 338 g/mol. The molecule has 0 fully saturated rings. The number of fused-ring (bicyclic) bond motifs is 2. The molecule has 4 aromatic rings. The minimum Gasteiger partial charge on any atom is -0.354 e. The molecule has 1 heterocycles. The van der Waals surface area contributed by atoms with Gasteiger partial charge in [0.15, 0.2) is 5.43 Å². The number of aromatic amines is 1. The van der Waals surface area contributed by atoms with Crippen LogP contribution in [0.3, 0.4) is 0 Å². The normalized spacial score (nSPS) is 11.1. The third-order valence-corrected chi connectivity index (χ3v) is 4.37. The van der Waals surface area contributed by atoms with Crippen LogP contribution in [0.15, 0.2) is 76.0 Å². The van der Waals surface area contributed by atoms with Crippen LogP contribution in [0.4, 0.5) is 0 Å². The van der Waals surface area contributed by atoms with Gasteiger partial charge in [0, 0.05) is 15.4 Å². The van der Waals surface area contributed by atoms with Crippen LogP contribution < -0.4 is 5.43 Å². The van der Waals surface area contributed by atoms with Crippen molar-refractivity contribution in [3.05, 3.63) is 81.4 Å². The highest BCUT2D eigenvalue weighted by atomic mass is 79.9. The minimum absolute atomic E-state index is 0.0597. The zero-order chi connectivity index (χ0) is 15.1. The Bertz CT molecular complexity index is 1050. The lowest BCUT2D eigenvalue weighted by atomic mass is 9.99. The van der Waals surface area contributed by atoms with Crippen molar-refractivity contribution >= 4 is 37.7 Å². The molecule has 0 unspecified atom stereocenters. The molecule has 0 aliphatic heterocycles. The van der Waals surface area contributed by atoms with E-state index in [1.807, 2.05) is 66.7 Å². The molecule has 0 saturated carbocycles. The molecule has 3 aromatic carbocycles. The number of aromatic nitrogens is 1. The van der Waals surface area contributed by atoms with Gasteiger partial charge >= 0.3 is 0 Å². The molecule has 4 rings (SSSR count). The van der Waals surface area contributed by atoms with Gasteiger partial charge in [-0.2, -0.15) is 0 Å². The van der Waals surface area contributed by atoms with E-state index in [1.54, 1.807) is 0 Å². The average molecular weight is 350 g/mol. The topological polar surface area (TPSA) is 32.9 Å². The van der Waals surface area contributed by atoms with Gasteiger partial charge in [0.2, 0.25) is 0 Å². The molecule has 0 spiro atoms. The molecular formula is C19H12BrNO. The fraction of sp³-hybridized carbons (Fsp3) is 0. The Kier molecular flexibility index (Phi) is 3.09. The Hall–Kier alpha value is -2.39. The van der Waals surface area contributed by atoms with E-state index in [2.05, 4.69) is 20.9 Å². The summed E-state index contributed by atoms with van der Waals surface area (Å²) in [4.78, 5) is 16.4. The summed E-state index contributed by atoms with van der Waals surface area (Å²) >= 11 is 3.44. The first-order valence-electron chi connectivity index (χ1n) is 7.04. The quantitative estimate of drug-likeness (QED) is 0.476. The molecule has 0 saturated heterocycles. The molecule has 2 nitrogen and oxygen atoms in total. The van der Waals surface area contributed by atoms with E-state index >= 15 is 0 Å². The summed E-state index contributed by atoms with van der Waals surface area (Å²) in [6.45, 7) is 0. The van der Waals surface area contributed by atoms with Gasteiger partial charge < -0.3 is 4.98 Å². The third kappa shape index (κ3) is 2.06. The van der Waals surface area contributed by atoms with Crippen LogP contribution in [-0.4, -0.2) is 4.98 Å². The Morgan fingerprint density at radius 3 is 2.45 bits per heavy atom. The van der Waals surface area contributed by atoms with Gasteiger partial charge in [0.25, 0.3) is 0 Å². The van der Waals surface area contributed by atoms with Crippen LogP contribution in [0.5, 0.6) is 0 Å². The summed E-state index contributed by atoms with van der Waals surface area (Å²) in [6, 6.07) is 21.7. The van der Waals surface area contributed by atoms with Gasteiger partial charge in [0.1, 0.15) is 0 Å². The fourth-order valence-corrected chi connectivity index (χ4v) is 3.21. The highest BCUT2D eigenvalue weighted by Gasteiger charge is 2.10. The second-order valence-corrected chi connectivity index (χ2v) is 6.15. The largest absolute Gasteiger partial charge is 0.354 e. The predicted octanol–water partition coefficient (Wildman–Crippen LogP) is 5.11. The minimum atomic E-state index is 0.0597. The second kappa shape index (κ2) is 5.11. The monoisotopic (exact) mass is 349 g/mol. The second-order valence-electron chi connectivity index (χ2n) is 5.24. The highest BCUT2D eigenvalue weighted by molar-refractivity contribution is 9.10. The number of hydrogen-bond donors (Lipinski definition) is 1. The summed E-state index contributed by atoms with van der Waals surface area (Å²) < 4.78 is 0.905. The number of pyridine rings is 1. The van der Waals surface area contributed by atoms with E-state index in [1.165, 1.54) is 0 Å². The lowest BCUT2D eigenvalue weighted by Gasteiger charge is -2.08. The maximum Gasteiger partial charge on any atom is 0.197 e. The smallest absolute Gasteiger partial charge is 0.197 e. The van der Waals surface area contributed by atoms with Crippen molar-refractivity contribution in [3.8, 4) is 11.1 Å². The Balaban J connectivity index is 2.18. The Labute approximate surface area is 135 Å². The van der Waals surface area contributed by atoms with E-state index in [-0.39, 0.29) is 5.43 Å². The predicted molar refractivity (Wildman–Crippen MR) is 95.2 cm³/mol. The van der Waals surface area contributed by atoms with Gasteiger partial charge in [-0.25, -0.2) is 0 Å². The Morgan fingerprint density at radius 2 is 1.64 bits per heavy atom. The van der Waals surface area contributed by atoms with Crippen molar-refractivity contribution < 1.29 is 0 Å². The standard InChI is InChI=1S/C19H12BrNO/c20-13-9-10-16-15(11-13)19(22)18-14(7-4-8-17(18)21-16)12-5-2-1-3-6-12/h1-11H,(H,21,22). The summed E-state index contributed by atoms with van der Waals surface area (Å²) in [7, 11) is 0. The zero-order valence-corrected chi connectivity index (χ0v) is 13.2. The van der Waals surface area contributed by atoms with Crippen molar-refractivity contribution in [2.45, 2.75) is 0 Å². The molecule has 1 N–H and O–H groups in total. The third-order valence-electron chi connectivity index (χ3n) is 3.87. The molecule has 0 amide bonds. The van der Waals surface area contributed by atoms with Gasteiger partial charge in [-0.3, -0.25) is 4.79 Å². The van der Waals surface area contributed by atoms with Gasteiger partial charge in [-0.1, -0.05) is 58.4 Å². The SMILES string of the molecule is O=c1c2cc(Br)ccc2[nH]c2cccc(-c3ccccc3)c12. The lowest BCUT2D eigenvalue weighted by molar-refractivity contribution is 1.47. The molecule has 106 valence electrons. The molecule has 0 radical (unpaired) electrons. The van der Waals surface area contributed by atoms with Gasteiger partial charge in [0.05, 0.1) is 10.9 Å². The molecule has 22 heavy (non-hydrogen) atoms. The first kappa shape index (κ1) is 13.3. The van der Waals surface area contributed by atoms with E-state index in [0.29, 0.717) is 5.39 Å². The summed E-state index contributed by atoms with van der Waals surface area (Å²) in [5.74, 6) is 0. The maximum atomic E-state index is 13.0. The number of nitrogens with one attached hydrogen (secondary N) is 1. The van der Waals surface area contributed by atoms with E-state index in [0.717, 1.165) is 32.0 Å². The van der Waals surface area contributed by atoms with Crippen molar-refractivity contribution in [1.29, 1.82) is 0 Å². The molecule has 0 aliphatic carbocycles. The summed E-state index contributed by atoms with van der Waals surface area (Å²) in [5, 5.41) is 1.43. The number of H-pyrrole nitrogens is 1. The van der Waals surface area contributed by atoms with E-state index < -0.39 is 0 Å². The van der Waals surface area contributed by atoms with E-state index in [4.69, 9.17) is 0 Å². The van der Waals surface area contributed by atoms with Crippen LogP contribution in [-0.2, 0) is 0 Å². The molecule has 0 bridgehead atoms. The number of rotatable bonds is 1. The van der Waals surface area contributed by atoms with Crippen molar-refractivity contribution in [2.24, 2.45) is 0 Å². The van der Waals surface area contributed by atoms with Gasteiger partial charge in [-0.05, 0) is 35.4 Å². The van der Waals surface area contributed by atoms with Crippen LogP contribution in [0.1, 0.15) is 0 Å². The van der Waals surface area contributed by atoms with Crippen LogP contribution in [0, 0.1) is 0 Å². The summed E-state index contributed by atoms with van der Waals surface area (Å²) in [5.41, 5.74) is 3.78. The molecule has 0 aliphatic rings. The number of hydrogen-bond acceptors (Lipinski definition) is 1. The first-order chi connectivity index (χ1) is 10.7. The van der Waals surface area contributed by atoms with E-state index in [9.17, 15) is 4.79 Å². The summed E-state index contributed by atoms with van der Waals surface area (Å²) in [6.07, 6.45) is 0. The average Bonchev–Trinajstić information content (AvgIpc) is 2.56. The fourth-order valence-electron chi connectivity index (χ4n) is 2.85. The van der Waals surface area contributed by atoms with Crippen LogP contribution >= 0.6 is 15.9 Å². The van der Waals surface area contributed by atoms with Crippen molar-refractivity contribution in [2.75, 3.05) is 0 Å². The number of benzene rings is 3. The first-order valence-corrected chi connectivity index (χ1v) is 7.83. The maximum absolute atomic E-state index is 13.0. The van der Waals surface area contributed by atoms with Crippen LogP contribution in [0.25, 0.3) is 32.9 Å². The lowest BCUT2D eigenvalue weighted by Crippen LogP contribution is -2.05. The molecule has 3 heteroatoms. The molecule has 0 atom stereocenters. The van der Waals surface area contributed by atoms with Crippen LogP contribution in [0.2, 0.25) is 0 Å². The zero-order valence-electron chi connectivity index (χ0n) is 11.6. The highest BCUT2D eigenvalue weighted by Crippen LogP contribution is 2.27. The van der Waals surface area contributed by atoms with Gasteiger partial charge in [-0.15, -0.1) is 0 Å². The Morgan fingerprint density at radius 1 is 0.818 bits per heavy atom. The van der Waals surface area contributed by atoms with Crippen molar-refractivity contribution in [1.82, 2.24) is 4.98 Å². The molecule has 1 aromatic heterocycles. The van der Waals surface area contributed by atoms with Crippen molar-refractivity contribution in [3.63, 3.8) is 0 Å². The number of halogens is 1.